The minimum atomic E-state index is -1.47. The van der Waals surface area contributed by atoms with Crippen molar-refractivity contribution in [2.45, 2.75) is 0 Å². The molecule has 0 spiro atoms. The van der Waals surface area contributed by atoms with Crippen LogP contribution in [0.5, 0.6) is 11.5 Å². The Labute approximate surface area is 121 Å². The van der Waals surface area contributed by atoms with Gasteiger partial charge in [0.05, 0.1) is 0 Å². The molecule has 0 aliphatic rings. The summed E-state index contributed by atoms with van der Waals surface area (Å²) in [5, 5.41) is 8.59. The van der Waals surface area contributed by atoms with E-state index in [-0.39, 0.29) is 5.56 Å². The van der Waals surface area contributed by atoms with Crippen LogP contribution < -0.4 is 9.47 Å². The third-order valence-electron chi connectivity index (χ3n) is 2.67. The van der Waals surface area contributed by atoms with Gasteiger partial charge < -0.3 is 14.6 Å². The average molecular weight is 286 g/mol. The number of para-hydroxylation sites is 1. The highest BCUT2D eigenvalue weighted by molar-refractivity contribution is 6.39. The van der Waals surface area contributed by atoms with Crippen LogP contribution in [0, 0.1) is 0 Å². The standard InChI is InChI=1S/C16H14O5/c17-15(16(18)19)12-6-8-14(9-7-12)21-11-10-20-13-4-2-1-3-5-13/h1-9H,10-11H2,(H,18,19). The van der Waals surface area contributed by atoms with Crippen LogP contribution in [0.25, 0.3) is 0 Å². The van der Waals surface area contributed by atoms with E-state index in [4.69, 9.17) is 14.6 Å². The average Bonchev–Trinajstić information content (AvgIpc) is 2.52. The van der Waals surface area contributed by atoms with Crippen molar-refractivity contribution in [3.63, 3.8) is 0 Å². The highest BCUT2D eigenvalue weighted by Crippen LogP contribution is 2.13. The van der Waals surface area contributed by atoms with E-state index in [1.807, 2.05) is 30.3 Å². The van der Waals surface area contributed by atoms with Gasteiger partial charge >= 0.3 is 5.97 Å². The fourth-order valence-electron chi connectivity index (χ4n) is 1.66. The molecule has 0 aliphatic heterocycles. The highest BCUT2D eigenvalue weighted by atomic mass is 16.5. The van der Waals surface area contributed by atoms with Crippen molar-refractivity contribution in [3.8, 4) is 11.5 Å². The number of carbonyl (C=O) groups excluding carboxylic acids is 1. The molecule has 0 saturated carbocycles. The number of carboxylic acid groups (broad SMARTS) is 1. The van der Waals surface area contributed by atoms with Gasteiger partial charge in [-0.25, -0.2) is 4.79 Å². The van der Waals surface area contributed by atoms with Crippen LogP contribution in [0.15, 0.2) is 54.6 Å². The Morgan fingerprint density at radius 2 is 1.33 bits per heavy atom. The Balaban J connectivity index is 1.79. The van der Waals surface area contributed by atoms with E-state index >= 15 is 0 Å². The molecule has 0 amide bonds. The summed E-state index contributed by atoms with van der Waals surface area (Å²) in [7, 11) is 0. The van der Waals surface area contributed by atoms with Gasteiger partial charge in [0.15, 0.2) is 0 Å². The molecule has 5 heteroatoms. The molecule has 2 rings (SSSR count). The maximum atomic E-state index is 11.2. The van der Waals surface area contributed by atoms with Crippen molar-refractivity contribution in [3.05, 3.63) is 60.2 Å². The summed E-state index contributed by atoms with van der Waals surface area (Å²) in [6.07, 6.45) is 0. The van der Waals surface area contributed by atoms with Crippen LogP contribution in [0.2, 0.25) is 0 Å². The van der Waals surface area contributed by atoms with Crippen molar-refractivity contribution in [1.82, 2.24) is 0 Å². The minimum absolute atomic E-state index is 0.121. The van der Waals surface area contributed by atoms with Gasteiger partial charge in [0, 0.05) is 5.56 Å². The third kappa shape index (κ3) is 4.35. The zero-order chi connectivity index (χ0) is 15.1. The van der Waals surface area contributed by atoms with E-state index in [0.717, 1.165) is 5.75 Å². The molecular weight excluding hydrogens is 272 g/mol. The molecule has 0 aliphatic carbocycles. The molecular formula is C16H14O5. The van der Waals surface area contributed by atoms with E-state index in [9.17, 15) is 9.59 Å². The quantitative estimate of drug-likeness (QED) is 0.480. The summed E-state index contributed by atoms with van der Waals surface area (Å²) in [5.74, 6) is -1.09. The molecule has 108 valence electrons. The predicted molar refractivity (Wildman–Crippen MR) is 75.8 cm³/mol. The van der Waals surface area contributed by atoms with Gasteiger partial charge in [-0.2, -0.15) is 0 Å². The van der Waals surface area contributed by atoms with E-state index in [1.54, 1.807) is 12.1 Å². The Morgan fingerprint density at radius 1 is 0.810 bits per heavy atom. The van der Waals surface area contributed by atoms with Crippen molar-refractivity contribution in [1.29, 1.82) is 0 Å². The molecule has 0 fully saturated rings. The van der Waals surface area contributed by atoms with Crippen LogP contribution in [-0.4, -0.2) is 30.1 Å². The molecule has 0 radical (unpaired) electrons. The number of hydrogen-bond donors (Lipinski definition) is 1. The third-order valence-corrected chi connectivity index (χ3v) is 2.67. The molecule has 0 saturated heterocycles. The van der Waals surface area contributed by atoms with E-state index in [1.165, 1.54) is 12.1 Å². The Hall–Kier alpha value is -2.82. The van der Waals surface area contributed by atoms with Crippen LogP contribution in [0.1, 0.15) is 10.4 Å². The minimum Gasteiger partial charge on any atom is -0.490 e. The summed E-state index contributed by atoms with van der Waals surface area (Å²) in [4.78, 5) is 21.7. The highest BCUT2D eigenvalue weighted by Gasteiger charge is 2.13. The van der Waals surface area contributed by atoms with Crippen molar-refractivity contribution < 1.29 is 24.2 Å². The molecule has 0 unspecified atom stereocenters. The molecule has 0 aromatic heterocycles. The number of carbonyl (C=O) groups is 2. The number of hydrogen-bond acceptors (Lipinski definition) is 4. The lowest BCUT2D eigenvalue weighted by Gasteiger charge is -2.08. The smallest absolute Gasteiger partial charge is 0.377 e. The summed E-state index contributed by atoms with van der Waals surface area (Å²) >= 11 is 0. The maximum absolute atomic E-state index is 11.2. The first-order chi connectivity index (χ1) is 10.2. The Morgan fingerprint density at radius 3 is 1.86 bits per heavy atom. The SMILES string of the molecule is O=C(O)C(=O)c1ccc(OCCOc2ccccc2)cc1. The predicted octanol–water partition coefficient (Wildman–Crippen LogP) is 2.41. The number of ether oxygens (including phenoxy) is 2. The fourth-order valence-corrected chi connectivity index (χ4v) is 1.66. The largest absolute Gasteiger partial charge is 0.490 e. The van der Waals surface area contributed by atoms with Gasteiger partial charge in [-0.15, -0.1) is 0 Å². The lowest BCUT2D eigenvalue weighted by atomic mass is 10.1. The van der Waals surface area contributed by atoms with Crippen LogP contribution >= 0.6 is 0 Å². The number of rotatable bonds is 7. The zero-order valence-electron chi connectivity index (χ0n) is 11.2. The molecule has 21 heavy (non-hydrogen) atoms. The Kier molecular flexibility index (Phi) is 4.93. The van der Waals surface area contributed by atoms with Gasteiger partial charge in [0.2, 0.25) is 0 Å². The van der Waals surface area contributed by atoms with E-state index in [2.05, 4.69) is 0 Å². The number of aliphatic carboxylic acids is 1. The summed E-state index contributed by atoms with van der Waals surface area (Å²) < 4.78 is 10.9. The lowest BCUT2D eigenvalue weighted by molar-refractivity contribution is -0.131. The topological polar surface area (TPSA) is 72.8 Å². The Bertz CT molecular complexity index is 604. The fraction of sp³-hybridized carbons (Fsp3) is 0.125. The monoisotopic (exact) mass is 286 g/mol. The summed E-state index contributed by atoms with van der Waals surface area (Å²) in [6.45, 7) is 0.737. The number of Topliss-reactive ketones (excluding diaryl/α,β-unsaturated/α-hetero) is 1. The normalized spacial score (nSPS) is 9.90. The second kappa shape index (κ2) is 7.09. The molecule has 2 aromatic rings. The maximum Gasteiger partial charge on any atom is 0.377 e. The van der Waals surface area contributed by atoms with Gasteiger partial charge in [-0.05, 0) is 36.4 Å². The molecule has 5 nitrogen and oxygen atoms in total. The van der Waals surface area contributed by atoms with Crippen LogP contribution in [0.3, 0.4) is 0 Å². The number of carboxylic acids is 1. The number of benzene rings is 2. The van der Waals surface area contributed by atoms with Gasteiger partial charge in [-0.3, -0.25) is 4.79 Å². The van der Waals surface area contributed by atoms with Crippen molar-refractivity contribution in [2.75, 3.05) is 13.2 Å². The first kappa shape index (κ1) is 14.6. The van der Waals surface area contributed by atoms with E-state index in [0.29, 0.717) is 19.0 Å². The van der Waals surface area contributed by atoms with Gasteiger partial charge in [0.25, 0.3) is 5.78 Å². The summed E-state index contributed by atoms with van der Waals surface area (Å²) in [5.41, 5.74) is 0.121. The lowest BCUT2D eigenvalue weighted by Crippen LogP contribution is -2.12. The number of ketones is 1. The van der Waals surface area contributed by atoms with Gasteiger partial charge in [-0.1, -0.05) is 18.2 Å². The second-order valence-corrected chi connectivity index (χ2v) is 4.17. The molecule has 1 N–H and O–H groups in total. The van der Waals surface area contributed by atoms with Crippen LogP contribution in [-0.2, 0) is 4.79 Å². The first-order valence-electron chi connectivity index (χ1n) is 6.35. The summed E-state index contributed by atoms with van der Waals surface area (Å²) in [6, 6.07) is 15.3. The first-order valence-corrected chi connectivity index (χ1v) is 6.35. The van der Waals surface area contributed by atoms with E-state index < -0.39 is 11.8 Å². The second-order valence-electron chi connectivity index (χ2n) is 4.17. The molecule has 0 atom stereocenters. The molecule has 0 bridgehead atoms. The molecule has 2 aromatic carbocycles. The van der Waals surface area contributed by atoms with Gasteiger partial charge in [0.1, 0.15) is 24.7 Å². The van der Waals surface area contributed by atoms with Crippen molar-refractivity contribution in [2.24, 2.45) is 0 Å². The zero-order valence-corrected chi connectivity index (χ0v) is 11.2. The molecule has 0 heterocycles. The van der Waals surface area contributed by atoms with Crippen molar-refractivity contribution >= 4 is 11.8 Å². The van der Waals surface area contributed by atoms with Crippen LogP contribution in [0.4, 0.5) is 0 Å².